The molecule has 0 bridgehead atoms. The zero-order valence-corrected chi connectivity index (χ0v) is 18.6. The molecule has 0 fully saturated rings. The number of aliphatic imine (C=N–C) groups is 1. The highest BCUT2D eigenvalue weighted by Gasteiger charge is 2.11. The molecular weight excluding hydrogens is 471 g/mol. The second-order valence-corrected chi connectivity index (χ2v) is 5.93. The first-order valence-electron chi connectivity index (χ1n) is 9.31. The highest BCUT2D eigenvalue weighted by atomic mass is 127. The minimum atomic E-state index is 0. The molecule has 0 amide bonds. The summed E-state index contributed by atoms with van der Waals surface area (Å²) < 4.78 is 17.0. The van der Waals surface area contributed by atoms with E-state index < -0.39 is 0 Å². The maximum atomic E-state index is 5.75. The third-order valence-electron chi connectivity index (χ3n) is 3.89. The summed E-state index contributed by atoms with van der Waals surface area (Å²) in [5.41, 5.74) is 1.82. The average Bonchev–Trinajstić information content (AvgIpc) is 2.92. The first kappa shape index (κ1) is 22.1. The highest BCUT2D eigenvalue weighted by Crippen LogP contribution is 2.32. The van der Waals surface area contributed by atoms with Gasteiger partial charge >= 0.3 is 0 Å². The second kappa shape index (κ2) is 11.6. The van der Waals surface area contributed by atoms with Gasteiger partial charge in [0.1, 0.15) is 0 Å². The first-order valence-corrected chi connectivity index (χ1v) is 9.31. The number of nitrogens with one attached hydrogen (secondary N) is 2. The van der Waals surface area contributed by atoms with Crippen LogP contribution < -0.4 is 24.8 Å². The van der Waals surface area contributed by atoms with Gasteiger partial charge < -0.3 is 24.8 Å². The van der Waals surface area contributed by atoms with Crippen molar-refractivity contribution in [3.05, 3.63) is 42.1 Å². The number of pyridine rings is 1. The van der Waals surface area contributed by atoms with Gasteiger partial charge in [-0.25, -0.2) is 9.98 Å². The summed E-state index contributed by atoms with van der Waals surface area (Å²) in [6.45, 7) is 7.09. The molecule has 1 aromatic carbocycles. The molecule has 3 rings (SSSR count). The zero-order valence-electron chi connectivity index (χ0n) is 16.2. The monoisotopic (exact) mass is 498 g/mol. The molecule has 0 radical (unpaired) electrons. The van der Waals surface area contributed by atoms with Crippen molar-refractivity contribution < 1.29 is 14.2 Å². The number of guanidine groups is 1. The lowest BCUT2D eigenvalue weighted by molar-refractivity contribution is 0.297. The van der Waals surface area contributed by atoms with Gasteiger partial charge in [-0.05, 0) is 32.0 Å². The normalized spacial score (nSPS) is 13.1. The van der Waals surface area contributed by atoms with Crippen LogP contribution in [0.3, 0.4) is 0 Å². The molecule has 2 N–H and O–H groups in total. The number of benzene rings is 1. The number of halogens is 1. The van der Waals surface area contributed by atoms with Crippen molar-refractivity contribution in [1.29, 1.82) is 0 Å². The maximum absolute atomic E-state index is 5.75. The van der Waals surface area contributed by atoms with Crippen molar-refractivity contribution in [1.82, 2.24) is 10.3 Å². The topological polar surface area (TPSA) is 77.0 Å². The summed E-state index contributed by atoms with van der Waals surface area (Å²) in [6.07, 6.45) is 2.61. The van der Waals surface area contributed by atoms with E-state index >= 15 is 0 Å². The van der Waals surface area contributed by atoms with E-state index in [-0.39, 0.29) is 24.0 Å². The van der Waals surface area contributed by atoms with Gasteiger partial charge in [-0.1, -0.05) is 6.07 Å². The quantitative estimate of drug-likeness (QED) is 0.358. The van der Waals surface area contributed by atoms with E-state index in [0.29, 0.717) is 38.2 Å². The van der Waals surface area contributed by atoms with Gasteiger partial charge in [-0.2, -0.15) is 0 Å². The Bertz CT molecular complexity index is 786. The van der Waals surface area contributed by atoms with Crippen LogP contribution in [0.1, 0.15) is 25.8 Å². The average molecular weight is 498 g/mol. The van der Waals surface area contributed by atoms with Gasteiger partial charge in [-0.15, -0.1) is 24.0 Å². The van der Waals surface area contributed by atoms with E-state index in [1.807, 2.05) is 44.2 Å². The molecule has 0 saturated carbocycles. The lowest BCUT2D eigenvalue weighted by Gasteiger charge is -2.14. The molecule has 0 unspecified atom stereocenters. The first-order chi connectivity index (χ1) is 13.3. The summed E-state index contributed by atoms with van der Waals surface area (Å²) in [5.74, 6) is 2.82. The molecule has 0 aliphatic carbocycles. The molecular formula is C20H27IN4O3. The summed E-state index contributed by atoms with van der Waals surface area (Å²) in [5, 5.41) is 6.57. The number of hydrogen-bond donors (Lipinski definition) is 2. The van der Waals surface area contributed by atoms with Gasteiger partial charge in [-0.3, -0.25) is 0 Å². The Morgan fingerprint density at radius 1 is 1.18 bits per heavy atom. The van der Waals surface area contributed by atoms with Crippen molar-refractivity contribution in [2.24, 2.45) is 4.99 Å². The summed E-state index contributed by atoms with van der Waals surface area (Å²) in [4.78, 5) is 8.93. The van der Waals surface area contributed by atoms with Crippen LogP contribution in [-0.2, 0) is 6.54 Å². The molecule has 1 aliphatic rings. The Labute approximate surface area is 182 Å². The lowest BCUT2D eigenvalue weighted by Crippen LogP contribution is -2.30. The molecule has 2 heterocycles. The summed E-state index contributed by atoms with van der Waals surface area (Å²) in [6, 6.07) is 9.66. The molecule has 7 nitrogen and oxygen atoms in total. The van der Waals surface area contributed by atoms with E-state index in [1.54, 1.807) is 6.20 Å². The Morgan fingerprint density at radius 3 is 2.79 bits per heavy atom. The molecule has 152 valence electrons. The van der Waals surface area contributed by atoms with Gasteiger partial charge in [0.2, 0.25) is 5.88 Å². The van der Waals surface area contributed by atoms with Crippen molar-refractivity contribution in [3.8, 4) is 17.4 Å². The number of fused-ring (bicyclic) bond motifs is 1. The molecule has 1 aromatic heterocycles. The minimum absolute atomic E-state index is 0. The molecule has 28 heavy (non-hydrogen) atoms. The number of anilines is 1. The zero-order chi connectivity index (χ0) is 18.9. The van der Waals surface area contributed by atoms with E-state index in [9.17, 15) is 0 Å². The Kier molecular flexibility index (Phi) is 9.12. The molecule has 2 aromatic rings. The molecule has 0 atom stereocenters. The smallest absolute Gasteiger partial charge is 0.218 e. The number of aromatic nitrogens is 1. The van der Waals surface area contributed by atoms with Crippen LogP contribution in [0.15, 0.2) is 41.5 Å². The van der Waals surface area contributed by atoms with E-state index in [2.05, 4.69) is 20.6 Å². The van der Waals surface area contributed by atoms with Crippen molar-refractivity contribution in [2.45, 2.75) is 26.8 Å². The van der Waals surface area contributed by atoms with Crippen molar-refractivity contribution in [2.75, 3.05) is 31.7 Å². The van der Waals surface area contributed by atoms with Crippen LogP contribution >= 0.6 is 24.0 Å². The SMILES string of the molecule is CCNC(=NCc1cccnc1OCC)Nc1ccc2c(c1)OCCCO2.I. The van der Waals surface area contributed by atoms with Crippen LogP contribution in [0.5, 0.6) is 17.4 Å². The van der Waals surface area contributed by atoms with Gasteiger partial charge in [0.05, 0.1) is 26.4 Å². The fourth-order valence-electron chi connectivity index (χ4n) is 2.66. The highest BCUT2D eigenvalue weighted by molar-refractivity contribution is 14.0. The minimum Gasteiger partial charge on any atom is -0.490 e. The van der Waals surface area contributed by atoms with Gasteiger partial charge in [0, 0.05) is 36.5 Å². The standard InChI is InChI=1S/C20H26N4O3.HI/c1-3-21-20(23-14-15-7-5-10-22-19(15)25-4-2)24-16-8-9-17-18(13-16)27-12-6-11-26-17;/h5,7-10,13H,3-4,6,11-12,14H2,1-2H3,(H2,21,23,24);1H. The molecule has 1 aliphatic heterocycles. The predicted molar refractivity (Wildman–Crippen MR) is 121 cm³/mol. The summed E-state index contributed by atoms with van der Waals surface area (Å²) >= 11 is 0. The lowest BCUT2D eigenvalue weighted by atomic mass is 10.2. The molecule has 0 saturated heterocycles. The van der Waals surface area contributed by atoms with E-state index in [4.69, 9.17) is 14.2 Å². The predicted octanol–water partition coefficient (Wildman–Crippen LogP) is 3.84. The number of nitrogens with zero attached hydrogens (tertiary/aromatic N) is 2. The largest absolute Gasteiger partial charge is 0.490 e. The Balaban J connectivity index is 0.00000280. The molecule has 8 heteroatoms. The van der Waals surface area contributed by atoms with Crippen LogP contribution in [0.4, 0.5) is 5.69 Å². The Morgan fingerprint density at radius 2 is 2.00 bits per heavy atom. The van der Waals surface area contributed by atoms with Gasteiger partial charge in [0.25, 0.3) is 0 Å². The molecule has 0 spiro atoms. The van der Waals surface area contributed by atoms with Crippen LogP contribution in [0.25, 0.3) is 0 Å². The van der Waals surface area contributed by atoms with Gasteiger partial charge in [0.15, 0.2) is 17.5 Å². The Hall–Kier alpha value is -2.23. The fraction of sp³-hybridized carbons (Fsp3) is 0.400. The van der Waals surface area contributed by atoms with Crippen LogP contribution in [-0.4, -0.2) is 37.3 Å². The van der Waals surface area contributed by atoms with E-state index in [1.165, 1.54) is 0 Å². The number of ether oxygens (including phenoxy) is 3. The van der Waals surface area contributed by atoms with E-state index in [0.717, 1.165) is 35.7 Å². The van der Waals surface area contributed by atoms with Crippen LogP contribution in [0, 0.1) is 0 Å². The number of hydrogen-bond acceptors (Lipinski definition) is 5. The second-order valence-electron chi connectivity index (χ2n) is 5.93. The maximum Gasteiger partial charge on any atom is 0.218 e. The number of rotatable bonds is 6. The summed E-state index contributed by atoms with van der Waals surface area (Å²) in [7, 11) is 0. The fourth-order valence-corrected chi connectivity index (χ4v) is 2.66. The van der Waals surface area contributed by atoms with Crippen LogP contribution in [0.2, 0.25) is 0 Å². The van der Waals surface area contributed by atoms with Crippen molar-refractivity contribution in [3.63, 3.8) is 0 Å². The third-order valence-corrected chi connectivity index (χ3v) is 3.89. The third kappa shape index (κ3) is 6.15. The van der Waals surface area contributed by atoms with Crippen molar-refractivity contribution >= 4 is 35.6 Å².